The molecule has 1 amide bonds. The topological polar surface area (TPSA) is 62.7 Å². The van der Waals surface area contributed by atoms with Crippen LogP contribution in [0.5, 0.6) is 5.75 Å². The second kappa shape index (κ2) is 7.62. The number of hydrogen-bond donors (Lipinski definition) is 1. The molecule has 0 aliphatic rings. The lowest BCUT2D eigenvalue weighted by molar-refractivity contribution is 0.0677. The van der Waals surface area contributed by atoms with Crippen molar-refractivity contribution in [2.45, 2.75) is 27.2 Å². The van der Waals surface area contributed by atoms with Gasteiger partial charge in [-0.25, -0.2) is 4.98 Å². The molecule has 0 saturated heterocycles. The van der Waals surface area contributed by atoms with E-state index in [0.717, 1.165) is 16.7 Å². The Morgan fingerprint density at radius 3 is 2.62 bits per heavy atom. The molecule has 1 aromatic carbocycles. The van der Waals surface area contributed by atoms with Gasteiger partial charge in [-0.2, -0.15) is 0 Å². The highest BCUT2D eigenvalue weighted by Gasteiger charge is 2.22. The van der Waals surface area contributed by atoms with Gasteiger partial charge in [0.15, 0.2) is 0 Å². The lowest BCUT2D eigenvalue weighted by Gasteiger charge is -2.29. The molecule has 2 rings (SSSR count). The number of aromatic nitrogens is 1. The highest BCUT2D eigenvalue weighted by Crippen LogP contribution is 2.21. The van der Waals surface area contributed by atoms with Crippen molar-refractivity contribution in [3.8, 4) is 5.75 Å². The van der Waals surface area contributed by atoms with Crippen LogP contribution in [0.3, 0.4) is 0 Å². The Bertz CT molecular complexity index is 707. The number of nitrogens with zero attached hydrogens (tertiary/aromatic N) is 2. The normalized spacial score (nSPS) is 11.5. The molecule has 0 radical (unpaired) electrons. The zero-order chi connectivity index (χ0) is 17.7. The first-order valence-corrected chi connectivity index (χ1v) is 8.19. The summed E-state index contributed by atoms with van der Waals surface area (Å²) in [6.07, 6.45) is 0.562. The van der Waals surface area contributed by atoms with Gasteiger partial charge in [-0.15, -0.1) is 0 Å². The summed E-state index contributed by atoms with van der Waals surface area (Å²) in [5, 5.41) is 10.0. The van der Waals surface area contributed by atoms with E-state index < -0.39 is 0 Å². The molecule has 0 aliphatic heterocycles. The van der Waals surface area contributed by atoms with Crippen molar-refractivity contribution in [3.05, 3.63) is 36.0 Å². The van der Waals surface area contributed by atoms with Gasteiger partial charge in [0, 0.05) is 25.1 Å². The predicted octanol–water partition coefficient (Wildman–Crippen LogP) is 3.11. The molecule has 1 N–H and O–H groups in total. The quantitative estimate of drug-likeness (QED) is 0.884. The first kappa shape index (κ1) is 18.2. The number of methoxy groups -OCH3 is 1. The highest BCUT2D eigenvalue weighted by atomic mass is 16.5. The van der Waals surface area contributed by atoms with Gasteiger partial charge in [0.2, 0.25) is 0 Å². The summed E-state index contributed by atoms with van der Waals surface area (Å²) in [7, 11) is 1.62. The van der Waals surface area contributed by atoms with Crippen LogP contribution in [0.25, 0.3) is 10.9 Å². The molecule has 2 aromatic rings. The van der Waals surface area contributed by atoms with Gasteiger partial charge >= 0.3 is 0 Å². The number of carbonyl (C=O) groups excluding carboxylic acids is 1. The number of aliphatic hydroxyl groups excluding tert-OH is 1. The van der Waals surface area contributed by atoms with Crippen LogP contribution in [0.2, 0.25) is 0 Å². The van der Waals surface area contributed by atoms with E-state index in [0.29, 0.717) is 25.2 Å². The second-order valence-corrected chi connectivity index (χ2v) is 7.12. The Balaban J connectivity index is 2.29. The Morgan fingerprint density at radius 2 is 2.00 bits per heavy atom. The van der Waals surface area contributed by atoms with E-state index >= 15 is 0 Å². The zero-order valence-corrected chi connectivity index (χ0v) is 14.9. The third-order valence-electron chi connectivity index (χ3n) is 3.65. The Labute approximate surface area is 143 Å². The van der Waals surface area contributed by atoms with Crippen LogP contribution in [0.4, 0.5) is 0 Å². The first-order valence-electron chi connectivity index (χ1n) is 8.19. The molecule has 130 valence electrons. The molecular formula is C19H26N2O3. The summed E-state index contributed by atoms with van der Waals surface area (Å²) in [6, 6.07) is 9.22. The smallest absolute Gasteiger partial charge is 0.272 e. The average Bonchev–Trinajstić information content (AvgIpc) is 2.56. The molecular weight excluding hydrogens is 304 g/mol. The SMILES string of the molecule is COc1ccc2nc(C(=O)N(CCCO)CC(C)(C)C)ccc2c1. The summed E-state index contributed by atoms with van der Waals surface area (Å²) in [4.78, 5) is 19.1. The lowest BCUT2D eigenvalue weighted by Crippen LogP contribution is -2.39. The molecule has 0 saturated carbocycles. The maximum Gasteiger partial charge on any atom is 0.272 e. The van der Waals surface area contributed by atoms with Crippen molar-refractivity contribution in [1.29, 1.82) is 0 Å². The highest BCUT2D eigenvalue weighted by molar-refractivity contribution is 5.95. The molecule has 0 atom stereocenters. The molecule has 0 aliphatic carbocycles. The summed E-state index contributed by atoms with van der Waals surface area (Å²) >= 11 is 0. The Hall–Kier alpha value is -2.14. The summed E-state index contributed by atoms with van der Waals surface area (Å²) in [5.41, 5.74) is 1.17. The van der Waals surface area contributed by atoms with Crippen LogP contribution < -0.4 is 4.74 Å². The van der Waals surface area contributed by atoms with E-state index in [1.54, 1.807) is 18.1 Å². The fourth-order valence-corrected chi connectivity index (χ4v) is 2.60. The van der Waals surface area contributed by atoms with Gasteiger partial charge in [0.05, 0.1) is 12.6 Å². The van der Waals surface area contributed by atoms with E-state index in [9.17, 15) is 4.79 Å². The summed E-state index contributed by atoms with van der Waals surface area (Å²) in [6.45, 7) is 7.48. The van der Waals surface area contributed by atoms with Crippen molar-refractivity contribution in [3.63, 3.8) is 0 Å². The minimum Gasteiger partial charge on any atom is -0.497 e. The molecule has 5 nitrogen and oxygen atoms in total. The second-order valence-electron chi connectivity index (χ2n) is 7.12. The molecule has 0 bridgehead atoms. The minimum absolute atomic E-state index is 0.0185. The number of fused-ring (bicyclic) bond motifs is 1. The molecule has 5 heteroatoms. The van der Waals surface area contributed by atoms with Crippen LogP contribution in [-0.4, -0.2) is 47.7 Å². The molecule has 0 spiro atoms. The summed E-state index contributed by atoms with van der Waals surface area (Å²) in [5.74, 6) is 0.664. The fraction of sp³-hybridized carbons (Fsp3) is 0.474. The van der Waals surface area contributed by atoms with Crippen molar-refractivity contribution in [1.82, 2.24) is 9.88 Å². The lowest BCUT2D eigenvalue weighted by atomic mass is 9.95. The Kier molecular flexibility index (Phi) is 5.78. The van der Waals surface area contributed by atoms with Crippen LogP contribution in [-0.2, 0) is 0 Å². The van der Waals surface area contributed by atoms with Crippen LogP contribution in [0.15, 0.2) is 30.3 Å². The van der Waals surface area contributed by atoms with Gasteiger partial charge in [-0.05, 0) is 36.1 Å². The van der Waals surface area contributed by atoms with Gasteiger partial charge in [-0.3, -0.25) is 4.79 Å². The van der Waals surface area contributed by atoms with Gasteiger partial charge in [-0.1, -0.05) is 26.8 Å². The number of rotatable bonds is 6. The van der Waals surface area contributed by atoms with Crippen molar-refractivity contribution in [2.75, 3.05) is 26.8 Å². The van der Waals surface area contributed by atoms with E-state index in [-0.39, 0.29) is 17.9 Å². The van der Waals surface area contributed by atoms with E-state index in [1.165, 1.54) is 0 Å². The number of amides is 1. The number of carbonyl (C=O) groups is 1. The minimum atomic E-state index is -0.101. The third-order valence-corrected chi connectivity index (χ3v) is 3.65. The van der Waals surface area contributed by atoms with Gasteiger partial charge in [0.1, 0.15) is 11.4 Å². The molecule has 24 heavy (non-hydrogen) atoms. The van der Waals surface area contributed by atoms with E-state index in [4.69, 9.17) is 9.84 Å². The van der Waals surface area contributed by atoms with Crippen LogP contribution >= 0.6 is 0 Å². The first-order chi connectivity index (χ1) is 11.3. The van der Waals surface area contributed by atoms with Crippen molar-refractivity contribution in [2.24, 2.45) is 5.41 Å². The monoisotopic (exact) mass is 330 g/mol. The van der Waals surface area contributed by atoms with Crippen molar-refractivity contribution < 1.29 is 14.6 Å². The third kappa shape index (κ3) is 4.68. The standard InChI is InChI=1S/C19H26N2O3/c1-19(2,3)13-21(10-5-11-22)18(23)17-8-6-14-12-15(24-4)7-9-16(14)20-17/h6-9,12,22H,5,10-11,13H2,1-4H3. The van der Waals surface area contributed by atoms with Crippen LogP contribution in [0.1, 0.15) is 37.7 Å². The number of pyridine rings is 1. The van der Waals surface area contributed by atoms with Gasteiger partial charge < -0.3 is 14.7 Å². The zero-order valence-electron chi connectivity index (χ0n) is 14.9. The number of aliphatic hydroxyl groups is 1. The molecule has 0 fully saturated rings. The number of benzene rings is 1. The summed E-state index contributed by atoms with van der Waals surface area (Å²) < 4.78 is 5.21. The molecule has 0 unspecified atom stereocenters. The largest absolute Gasteiger partial charge is 0.497 e. The maximum atomic E-state index is 12.9. The number of hydrogen-bond acceptors (Lipinski definition) is 4. The van der Waals surface area contributed by atoms with Crippen LogP contribution in [0, 0.1) is 5.41 Å². The van der Waals surface area contributed by atoms with E-state index in [2.05, 4.69) is 25.8 Å². The number of ether oxygens (including phenoxy) is 1. The van der Waals surface area contributed by atoms with Crippen molar-refractivity contribution >= 4 is 16.8 Å². The molecule has 1 heterocycles. The average molecular weight is 330 g/mol. The van der Waals surface area contributed by atoms with Gasteiger partial charge in [0.25, 0.3) is 5.91 Å². The Morgan fingerprint density at radius 1 is 1.25 bits per heavy atom. The fourth-order valence-electron chi connectivity index (χ4n) is 2.60. The maximum absolute atomic E-state index is 12.9. The predicted molar refractivity (Wildman–Crippen MR) is 95.4 cm³/mol. The molecule has 1 aromatic heterocycles. The van der Waals surface area contributed by atoms with E-state index in [1.807, 2.05) is 24.3 Å².